The first-order chi connectivity index (χ1) is 34.6. The fourth-order valence-electron chi connectivity index (χ4n) is 12.6. The van der Waals surface area contributed by atoms with E-state index in [1.54, 1.807) is 0 Å². The molecule has 1 aliphatic heterocycles. The molecule has 10 aromatic carbocycles. The molecule has 1 aliphatic rings. The van der Waals surface area contributed by atoms with E-state index in [-0.39, 0.29) is 23.8 Å². The second-order valence-corrected chi connectivity index (χ2v) is 19.7. The van der Waals surface area contributed by atoms with Crippen molar-refractivity contribution in [3.63, 3.8) is 0 Å². The Kier molecular flexibility index (Phi) is 9.45. The zero-order chi connectivity index (χ0) is 46.5. The number of nitrogens with zero attached hydrogens (tertiary/aromatic N) is 3. The summed E-state index contributed by atoms with van der Waals surface area (Å²) in [5.74, 6) is 0.600. The summed E-state index contributed by atoms with van der Waals surface area (Å²) in [6, 6.07) is 78.2. The molecule has 0 bridgehead atoms. The van der Waals surface area contributed by atoms with Crippen molar-refractivity contribution in [2.75, 3.05) is 0 Å². The summed E-state index contributed by atoms with van der Waals surface area (Å²) >= 11 is 0. The van der Waals surface area contributed by atoms with Gasteiger partial charge in [-0.05, 0) is 118 Å². The monoisotopic (exact) mass is 901 g/mol. The van der Waals surface area contributed by atoms with Crippen LogP contribution in [0, 0.1) is 11.8 Å². The highest BCUT2D eigenvalue weighted by molar-refractivity contribution is 6.16. The summed E-state index contributed by atoms with van der Waals surface area (Å²) in [6.07, 6.45) is 3.00. The number of rotatable bonds is 6. The van der Waals surface area contributed by atoms with E-state index in [0.29, 0.717) is 0 Å². The maximum absolute atomic E-state index is 6.93. The van der Waals surface area contributed by atoms with Gasteiger partial charge in [0.15, 0.2) is 0 Å². The molecule has 0 amide bonds. The van der Waals surface area contributed by atoms with E-state index < -0.39 is 0 Å². The molecule has 14 rings (SSSR count). The maximum atomic E-state index is 6.93. The molecule has 4 heteroatoms. The Morgan fingerprint density at radius 2 is 1.09 bits per heavy atom. The van der Waals surface area contributed by atoms with E-state index in [0.717, 1.165) is 46.9 Å². The maximum Gasteiger partial charge on any atom is 0.137 e. The van der Waals surface area contributed by atoms with Gasteiger partial charge in [-0.15, -0.1) is 0 Å². The molecule has 0 spiro atoms. The first kappa shape index (κ1) is 40.8. The fourth-order valence-corrected chi connectivity index (χ4v) is 12.6. The quantitative estimate of drug-likeness (QED) is 0.164. The van der Waals surface area contributed by atoms with Crippen LogP contribution < -0.4 is 0 Å². The van der Waals surface area contributed by atoms with E-state index >= 15 is 0 Å². The molecule has 4 nitrogen and oxygen atoms in total. The lowest BCUT2D eigenvalue weighted by Crippen LogP contribution is -2.28. The van der Waals surface area contributed by atoms with Crippen LogP contribution in [0.3, 0.4) is 0 Å². The van der Waals surface area contributed by atoms with E-state index in [1.807, 2.05) is 0 Å². The van der Waals surface area contributed by atoms with Gasteiger partial charge in [0.25, 0.3) is 0 Å². The predicted molar refractivity (Wildman–Crippen MR) is 294 cm³/mol. The normalized spacial score (nSPS) is 18.6. The molecule has 70 heavy (non-hydrogen) atoms. The highest BCUT2D eigenvalue weighted by Gasteiger charge is 2.35. The van der Waals surface area contributed by atoms with Gasteiger partial charge in [0.05, 0.1) is 33.8 Å². The Hall–Kier alpha value is -8.21. The molecule has 0 saturated heterocycles. The van der Waals surface area contributed by atoms with Crippen LogP contribution in [0.1, 0.15) is 61.8 Å². The predicted octanol–water partition coefficient (Wildman–Crippen LogP) is 17.9. The average Bonchev–Trinajstić information content (AvgIpc) is 4.06. The van der Waals surface area contributed by atoms with Crippen molar-refractivity contribution < 1.29 is 4.42 Å². The molecule has 0 radical (unpaired) electrons. The minimum atomic E-state index is -0.149. The Balaban J connectivity index is 1.02. The van der Waals surface area contributed by atoms with Crippen molar-refractivity contribution in [1.82, 2.24) is 9.13 Å². The second-order valence-electron chi connectivity index (χ2n) is 19.7. The van der Waals surface area contributed by atoms with Gasteiger partial charge in [-0.3, -0.25) is 4.99 Å². The third-order valence-electron chi connectivity index (χ3n) is 15.8. The van der Waals surface area contributed by atoms with E-state index in [4.69, 9.17) is 9.41 Å². The molecular formula is C66H51N3O. The average molecular weight is 902 g/mol. The highest BCUT2D eigenvalue weighted by atomic mass is 16.3. The van der Waals surface area contributed by atoms with Gasteiger partial charge in [0.2, 0.25) is 0 Å². The van der Waals surface area contributed by atoms with Crippen LogP contribution in [0.15, 0.2) is 222 Å². The van der Waals surface area contributed by atoms with E-state index in [9.17, 15) is 0 Å². The molecule has 13 aromatic rings. The molecule has 0 saturated carbocycles. The van der Waals surface area contributed by atoms with Gasteiger partial charge in [-0.25, -0.2) is 0 Å². The van der Waals surface area contributed by atoms with E-state index in [2.05, 4.69) is 235 Å². The van der Waals surface area contributed by atoms with Gasteiger partial charge >= 0.3 is 0 Å². The lowest BCUT2D eigenvalue weighted by molar-refractivity contribution is 0.363. The van der Waals surface area contributed by atoms with Crippen molar-refractivity contribution in [2.24, 2.45) is 16.8 Å². The zero-order valence-corrected chi connectivity index (χ0v) is 39.4. The van der Waals surface area contributed by atoms with Gasteiger partial charge < -0.3 is 13.6 Å². The van der Waals surface area contributed by atoms with Gasteiger partial charge in [0.1, 0.15) is 11.2 Å². The summed E-state index contributed by atoms with van der Waals surface area (Å²) in [6.45, 7) is 4.83. The number of aromatic nitrogens is 2. The van der Waals surface area contributed by atoms with Crippen molar-refractivity contribution in [2.45, 2.75) is 45.1 Å². The topological polar surface area (TPSA) is 35.4 Å². The molecule has 4 unspecified atom stereocenters. The van der Waals surface area contributed by atoms with Crippen LogP contribution in [0.5, 0.6) is 0 Å². The SMILES string of the molecule is CCC1/C(c2cccc3ccccc23)=N\C(c2cc(-n3c4ccccc4c4cc5ccccc5cc43)cc3oc4ccccc4c23)C(C)CCC1c1ccc2c3ccccc3n(-c3ccccc3)c2c1. The first-order valence-electron chi connectivity index (χ1n) is 25.1. The molecule has 336 valence electrons. The van der Waals surface area contributed by atoms with Gasteiger partial charge in [-0.2, -0.15) is 0 Å². The molecule has 4 heterocycles. The van der Waals surface area contributed by atoms with Crippen LogP contribution in [0.4, 0.5) is 0 Å². The number of aliphatic imine (C=N–C) groups is 1. The van der Waals surface area contributed by atoms with Crippen molar-refractivity contribution in [3.05, 3.63) is 229 Å². The Labute approximate surface area is 406 Å². The summed E-state index contributed by atoms with van der Waals surface area (Å²) in [7, 11) is 0. The second kappa shape index (κ2) is 16.2. The largest absolute Gasteiger partial charge is 0.456 e. The summed E-state index contributed by atoms with van der Waals surface area (Å²) in [5, 5.41) is 12.3. The van der Waals surface area contributed by atoms with Crippen LogP contribution in [-0.2, 0) is 0 Å². The Bertz CT molecular complexity index is 4220. The fraction of sp³-hybridized carbons (Fsp3) is 0.136. The number of hydrogen-bond donors (Lipinski definition) is 0. The number of benzene rings is 10. The number of furan rings is 1. The minimum absolute atomic E-state index is 0.149. The van der Waals surface area contributed by atoms with Crippen LogP contribution >= 0.6 is 0 Å². The zero-order valence-electron chi connectivity index (χ0n) is 39.4. The van der Waals surface area contributed by atoms with Crippen LogP contribution in [0.25, 0.3) is 98.5 Å². The molecule has 0 fully saturated rings. The Morgan fingerprint density at radius 1 is 0.471 bits per heavy atom. The standard InChI is InChI=1S/C66H51N3O/c1-3-48-50(45-33-35-53-51-25-11-14-29-58(51)68(60(53)38-45)46-22-5-4-6-23-46)34-32-41(2)65(67-66(48)54-28-17-21-42-18-9-10-24-49(42)54)57-39-47(40-63-64(57)55-27-13-16-31-62(55)70-63)69-59-30-15-12-26-52(59)56-36-43-19-7-8-20-44(43)37-61(56)69/h4-31,33,35-41,48,50,65H,3,32,34H2,1-2H3/b67-66+. The van der Waals surface area contributed by atoms with Crippen LogP contribution in [-0.4, -0.2) is 14.8 Å². The van der Waals surface area contributed by atoms with Crippen LogP contribution in [0.2, 0.25) is 0 Å². The smallest absolute Gasteiger partial charge is 0.137 e. The minimum Gasteiger partial charge on any atom is -0.456 e. The van der Waals surface area contributed by atoms with Gasteiger partial charge in [0, 0.05) is 61.3 Å². The third kappa shape index (κ3) is 6.32. The van der Waals surface area contributed by atoms with E-state index in [1.165, 1.54) is 93.2 Å². The summed E-state index contributed by atoms with van der Waals surface area (Å²) in [5.41, 5.74) is 13.9. The number of para-hydroxylation sites is 4. The van der Waals surface area contributed by atoms with Crippen molar-refractivity contribution in [3.8, 4) is 11.4 Å². The number of fused-ring (bicyclic) bond motifs is 11. The highest BCUT2D eigenvalue weighted by Crippen LogP contribution is 2.48. The van der Waals surface area contributed by atoms with Gasteiger partial charge in [-0.1, -0.05) is 166 Å². The lowest BCUT2D eigenvalue weighted by atomic mass is 9.72. The van der Waals surface area contributed by atoms with Crippen molar-refractivity contribution in [1.29, 1.82) is 0 Å². The third-order valence-corrected chi connectivity index (χ3v) is 15.8. The number of hydrogen-bond acceptors (Lipinski definition) is 2. The van der Waals surface area contributed by atoms with Crippen molar-refractivity contribution >= 4 is 92.8 Å². The lowest BCUT2D eigenvalue weighted by Gasteiger charge is -2.35. The summed E-state index contributed by atoms with van der Waals surface area (Å²) in [4.78, 5) is 6.28. The molecule has 0 N–H and O–H groups in total. The molecular weight excluding hydrogens is 851 g/mol. The molecule has 4 atom stereocenters. The summed E-state index contributed by atoms with van der Waals surface area (Å²) < 4.78 is 11.9. The Morgan fingerprint density at radius 3 is 1.87 bits per heavy atom. The molecule has 0 aliphatic carbocycles. The first-order valence-corrected chi connectivity index (χ1v) is 25.1. The molecule has 3 aromatic heterocycles.